The van der Waals surface area contributed by atoms with E-state index in [0.29, 0.717) is 6.54 Å². The van der Waals surface area contributed by atoms with Gasteiger partial charge in [0.2, 0.25) is 5.82 Å². The van der Waals surface area contributed by atoms with Crippen LogP contribution in [0.1, 0.15) is 11.6 Å². The van der Waals surface area contributed by atoms with E-state index in [1.807, 2.05) is 43.3 Å². The zero-order valence-electron chi connectivity index (χ0n) is 13.4. The monoisotopic (exact) mass is 316 g/mol. The van der Waals surface area contributed by atoms with Crippen LogP contribution in [0.15, 0.2) is 42.6 Å². The van der Waals surface area contributed by atoms with Crippen molar-refractivity contribution >= 4 is 11.5 Å². The summed E-state index contributed by atoms with van der Waals surface area (Å²) in [6.07, 6.45) is 1.53. The number of pyridine rings is 1. The number of aromatic nitrogens is 1. The molecule has 0 aliphatic heterocycles. The molecule has 7 nitrogen and oxygen atoms in total. The average Bonchev–Trinajstić information content (AvgIpc) is 2.55. The van der Waals surface area contributed by atoms with Crippen LogP contribution in [0.25, 0.3) is 0 Å². The van der Waals surface area contributed by atoms with E-state index in [2.05, 4.69) is 10.3 Å². The highest BCUT2D eigenvalue weighted by molar-refractivity contribution is 5.55. The molecule has 1 N–H and O–H groups in total. The van der Waals surface area contributed by atoms with E-state index in [9.17, 15) is 10.1 Å². The number of hydrogen-bond acceptors (Lipinski definition) is 6. The van der Waals surface area contributed by atoms with Crippen LogP contribution in [0.5, 0.6) is 5.75 Å². The molecule has 0 saturated heterocycles. The lowest BCUT2D eigenvalue weighted by Crippen LogP contribution is -2.27. The van der Waals surface area contributed by atoms with Crippen molar-refractivity contribution in [1.29, 1.82) is 0 Å². The molecule has 1 aromatic carbocycles. The Kier molecular flexibility index (Phi) is 5.48. The number of rotatable bonds is 7. The Balaban J connectivity index is 2.23. The highest BCUT2D eigenvalue weighted by atomic mass is 16.6. The summed E-state index contributed by atoms with van der Waals surface area (Å²) in [5, 5.41) is 14.1. The van der Waals surface area contributed by atoms with Gasteiger partial charge in [-0.05, 0) is 26.2 Å². The second kappa shape index (κ2) is 7.55. The molecule has 0 amide bonds. The number of nitrogens with zero attached hydrogens (tertiary/aromatic N) is 3. The van der Waals surface area contributed by atoms with Gasteiger partial charge in [0.25, 0.3) is 0 Å². The van der Waals surface area contributed by atoms with Crippen molar-refractivity contribution in [2.45, 2.75) is 6.04 Å². The lowest BCUT2D eigenvalue weighted by Gasteiger charge is -2.26. The Bertz CT molecular complexity index is 676. The molecule has 0 aliphatic carbocycles. The molecule has 2 rings (SSSR count). The standard InChI is InChI=1S/C16H20N4O3/c1-19(2)14(12-7-4-5-9-15(12)23-3)11-18-16-13(20(21)22)8-6-10-17-16/h4-10,14H,11H2,1-3H3,(H,17,18)/t14-/m1/s1. The van der Waals surface area contributed by atoms with Gasteiger partial charge in [-0.15, -0.1) is 0 Å². The number of methoxy groups -OCH3 is 1. The highest BCUT2D eigenvalue weighted by Crippen LogP contribution is 2.29. The van der Waals surface area contributed by atoms with Crippen molar-refractivity contribution < 1.29 is 9.66 Å². The van der Waals surface area contributed by atoms with Gasteiger partial charge in [0.15, 0.2) is 0 Å². The first kappa shape index (κ1) is 16.7. The van der Waals surface area contributed by atoms with Crippen LogP contribution in [-0.2, 0) is 0 Å². The first-order valence-corrected chi connectivity index (χ1v) is 7.17. The van der Waals surface area contributed by atoms with Crippen LogP contribution in [0.4, 0.5) is 11.5 Å². The quantitative estimate of drug-likeness (QED) is 0.625. The van der Waals surface area contributed by atoms with Gasteiger partial charge < -0.3 is 15.0 Å². The van der Waals surface area contributed by atoms with Crippen LogP contribution in [0.3, 0.4) is 0 Å². The Morgan fingerprint density at radius 2 is 2.04 bits per heavy atom. The Hall–Kier alpha value is -2.67. The minimum atomic E-state index is -0.441. The van der Waals surface area contributed by atoms with Crippen LogP contribution in [0, 0.1) is 10.1 Å². The molecule has 23 heavy (non-hydrogen) atoms. The fraction of sp³-hybridized carbons (Fsp3) is 0.312. The Morgan fingerprint density at radius 1 is 1.30 bits per heavy atom. The minimum Gasteiger partial charge on any atom is -0.496 e. The van der Waals surface area contributed by atoms with E-state index in [1.54, 1.807) is 13.2 Å². The van der Waals surface area contributed by atoms with E-state index in [1.165, 1.54) is 12.3 Å². The van der Waals surface area contributed by atoms with E-state index < -0.39 is 4.92 Å². The topological polar surface area (TPSA) is 80.5 Å². The van der Waals surface area contributed by atoms with Crippen LogP contribution in [0.2, 0.25) is 0 Å². The lowest BCUT2D eigenvalue weighted by molar-refractivity contribution is -0.384. The van der Waals surface area contributed by atoms with E-state index in [-0.39, 0.29) is 17.5 Å². The fourth-order valence-electron chi connectivity index (χ4n) is 2.39. The van der Waals surface area contributed by atoms with Crippen molar-refractivity contribution in [3.63, 3.8) is 0 Å². The lowest BCUT2D eigenvalue weighted by atomic mass is 10.0. The van der Waals surface area contributed by atoms with Gasteiger partial charge in [0.05, 0.1) is 18.1 Å². The number of hydrogen-bond donors (Lipinski definition) is 1. The normalized spacial score (nSPS) is 12.0. The predicted molar refractivity (Wildman–Crippen MR) is 88.8 cm³/mol. The number of ether oxygens (including phenoxy) is 1. The molecule has 1 aromatic heterocycles. The minimum absolute atomic E-state index is 0.0206. The maximum absolute atomic E-state index is 11.1. The molecule has 1 atom stereocenters. The molecule has 1 heterocycles. The largest absolute Gasteiger partial charge is 0.496 e. The van der Waals surface area contributed by atoms with Gasteiger partial charge in [-0.3, -0.25) is 10.1 Å². The maximum atomic E-state index is 11.1. The molecular weight excluding hydrogens is 296 g/mol. The molecule has 0 aliphatic rings. The van der Waals surface area contributed by atoms with Gasteiger partial charge in [-0.1, -0.05) is 18.2 Å². The van der Waals surface area contributed by atoms with Crippen molar-refractivity contribution in [2.75, 3.05) is 33.1 Å². The molecule has 0 saturated carbocycles. The van der Waals surface area contributed by atoms with E-state index in [0.717, 1.165) is 11.3 Å². The van der Waals surface area contributed by atoms with Crippen molar-refractivity contribution in [3.8, 4) is 5.75 Å². The molecule has 7 heteroatoms. The molecular formula is C16H20N4O3. The summed E-state index contributed by atoms with van der Waals surface area (Å²) in [6, 6.07) is 10.7. The van der Waals surface area contributed by atoms with Crippen LogP contribution >= 0.6 is 0 Å². The smallest absolute Gasteiger partial charge is 0.311 e. The Morgan fingerprint density at radius 3 is 2.70 bits per heavy atom. The number of para-hydroxylation sites is 1. The van der Waals surface area contributed by atoms with Crippen molar-refractivity contribution in [2.24, 2.45) is 0 Å². The number of benzene rings is 1. The van der Waals surface area contributed by atoms with Crippen molar-refractivity contribution in [3.05, 3.63) is 58.3 Å². The highest BCUT2D eigenvalue weighted by Gasteiger charge is 2.20. The third-order valence-electron chi connectivity index (χ3n) is 3.57. The van der Waals surface area contributed by atoms with Gasteiger partial charge in [0, 0.05) is 24.4 Å². The number of likely N-dealkylation sites (N-methyl/N-ethyl adjacent to an activating group) is 1. The number of nitro groups is 1. The van der Waals surface area contributed by atoms with Crippen LogP contribution < -0.4 is 10.1 Å². The SMILES string of the molecule is COc1ccccc1[C@@H](CNc1ncccc1[N+](=O)[O-])N(C)C. The molecule has 2 aromatic rings. The summed E-state index contributed by atoms with van der Waals surface area (Å²) in [6.45, 7) is 0.464. The van der Waals surface area contributed by atoms with Crippen LogP contribution in [-0.4, -0.2) is 42.6 Å². The first-order chi connectivity index (χ1) is 11.0. The van der Waals surface area contributed by atoms with Crippen molar-refractivity contribution in [1.82, 2.24) is 9.88 Å². The third-order valence-corrected chi connectivity index (χ3v) is 3.57. The summed E-state index contributed by atoms with van der Waals surface area (Å²) in [4.78, 5) is 16.7. The molecule has 122 valence electrons. The van der Waals surface area contributed by atoms with Gasteiger partial charge in [0.1, 0.15) is 5.75 Å². The van der Waals surface area contributed by atoms with Gasteiger partial charge in [-0.2, -0.15) is 0 Å². The molecule has 0 radical (unpaired) electrons. The molecule has 0 spiro atoms. The van der Waals surface area contributed by atoms with E-state index >= 15 is 0 Å². The van der Waals surface area contributed by atoms with Gasteiger partial charge >= 0.3 is 5.69 Å². The first-order valence-electron chi connectivity index (χ1n) is 7.17. The number of nitrogens with one attached hydrogen (secondary N) is 1. The molecule has 0 fully saturated rings. The Labute approximate surface area is 135 Å². The second-order valence-corrected chi connectivity index (χ2v) is 5.23. The summed E-state index contributed by atoms with van der Waals surface area (Å²) in [7, 11) is 5.53. The second-order valence-electron chi connectivity index (χ2n) is 5.23. The zero-order valence-corrected chi connectivity index (χ0v) is 13.4. The zero-order chi connectivity index (χ0) is 16.8. The average molecular weight is 316 g/mol. The summed E-state index contributed by atoms with van der Waals surface area (Å²) < 4.78 is 5.41. The fourth-order valence-corrected chi connectivity index (χ4v) is 2.39. The summed E-state index contributed by atoms with van der Waals surface area (Å²) in [5.74, 6) is 1.04. The maximum Gasteiger partial charge on any atom is 0.311 e. The third kappa shape index (κ3) is 3.95. The van der Waals surface area contributed by atoms with Gasteiger partial charge in [-0.25, -0.2) is 4.98 Å². The summed E-state index contributed by atoms with van der Waals surface area (Å²) in [5.41, 5.74) is 0.969. The molecule has 0 bridgehead atoms. The predicted octanol–water partition coefficient (Wildman–Crippen LogP) is 2.71. The molecule has 0 unspecified atom stereocenters. The number of anilines is 1. The summed E-state index contributed by atoms with van der Waals surface area (Å²) >= 11 is 0. The van der Waals surface area contributed by atoms with E-state index in [4.69, 9.17) is 4.74 Å².